The maximum atomic E-state index is 6.14. The Morgan fingerprint density at radius 3 is 2.36 bits per heavy atom. The summed E-state index contributed by atoms with van der Waals surface area (Å²) in [6.07, 6.45) is 9.82. The lowest BCUT2D eigenvalue weighted by Gasteiger charge is -2.59. The van der Waals surface area contributed by atoms with Gasteiger partial charge < -0.3 is 10.6 Å². The van der Waals surface area contributed by atoms with Crippen LogP contribution in [-0.2, 0) is 0 Å². The lowest BCUT2D eigenvalue weighted by Crippen LogP contribution is -2.57. The van der Waals surface area contributed by atoms with Gasteiger partial charge in [0.1, 0.15) is 0 Å². The fourth-order valence-corrected chi connectivity index (χ4v) is 6.76. The van der Waals surface area contributed by atoms with Crippen molar-refractivity contribution in [2.45, 2.75) is 64.8 Å². The first kappa shape index (κ1) is 17.6. The van der Waals surface area contributed by atoms with Crippen LogP contribution in [0.5, 0.6) is 0 Å². The molecule has 0 heterocycles. The number of thiocarbonyl (C=S) groups is 1. The number of hydrogen-bond donors (Lipinski definition) is 2. The maximum Gasteiger partial charge on any atom is 0.171 e. The van der Waals surface area contributed by atoms with Crippen LogP contribution in [0.3, 0.4) is 0 Å². The van der Waals surface area contributed by atoms with Crippen LogP contribution in [0.1, 0.15) is 57.4 Å². The zero-order valence-corrected chi connectivity index (χ0v) is 16.8. The predicted molar refractivity (Wildman–Crippen MR) is 110 cm³/mol. The SMILES string of the molecule is CCC(NC(=S)Nc1cc(Cl)ccc1C)C12CC3CC(CC(C3)C1)C2. The van der Waals surface area contributed by atoms with E-state index >= 15 is 0 Å². The Kier molecular flexibility index (Phi) is 4.74. The van der Waals surface area contributed by atoms with E-state index < -0.39 is 0 Å². The molecule has 1 aromatic rings. The van der Waals surface area contributed by atoms with Crippen LogP contribution >= 0.6 is 23.8 Å². The van der Waals surface area contributed by atoms with Gasteiger partial charge in [-0.05, 0) is 105 Å². The van der Waals surface area contributed by atoms with E-state index in [1.807, 2.05) is 18.2 Å². The molecule has 0 saturated heterocycles. The zero-order chi connectivity index (χ0) is 17.6. The first-order chi connectivity index (χ1) is 12.0. The molecule has 1 unspecified atom stereocenters. The van der Waals surface area contributed by atoms with Crippen molar-refractivity contribution in [3.63, 3.8) is 0 Å². The molecule has 0 spiro atoms. The minimum atomic E-state index is 0.471. The number of nitrogens with one attached hydrogen (secondary N) is 2. The molecule has 4 aliphatic carbocycles. The summed E-state index contributed by atoms with van der Waals surface area (Å²) in [5, 5.41) is 8.56. The minimum absolute atomic E-state index is 0.471. The Hall–Kier alpha value is -0.800. The number of benzene rings is 1. The van der Waals surface area contributed by atoms with Gasteiger partial charge in [0.2, 0.25) is 0 Å². The van der Waals surface area contributed by atoms with Crippen molar-refractivity contribution in [2.24, 2.45) is 23.2 Å². The van der Waals surface area contributed by atoms with E-state index in [0.29, 0.717) is 11.5 Å². The van der Waals surface area contributed by atoms with Gasteiger partial charge in [0.15, 0.2) is 5.11 Å². The van der Waals surface area contributed by atoms with E-state index in [1.165, 1.54) is 38.5 Å². The number of hydrogen-bond acceptors (Lipinski definition) is 1. The normalized spacial score (nSPS) is 34.0. The molecule has 2 nitrogen and oxygen atoms in total. The summed E-state index contributed by atoms with van der Waals surface area (Å²) in [5.74, 6) is 2.91. The molecule has 0 amide bonds. The van der Waals surface area contributed by atoms with Gasteiger partial charge in [-0.15, -0.1) is 0 Å². The smallest absolute Gasteiger partial charge is 0.171 e. The van der Waals surface area contributed by atoms with Gasteiger partial charge in [-0.3, -0.25) is 0 Å². The molecular weight excluding hydrogens is 348 g/mol. The molecule has 4 fully saturated rings. The van der Waals surface area contributed by atoms with Crippen LogP contribution in [-0.4, -0.2) is 11.2 Å². The maximum absolute atomic E-state index is 6.14. The third kappa shape index (κ3) is 3.42. The van der Waals surface area contributed by atoms with Crippen LogP contribution in [0, 0.1) is 30.1 Å². The first-order valence-electron chi connectivity index (χ1n) is 9.81. The van der Waals surface area contributed by atoms with Crippen LogP contribution in [0.15, 0.2) is 18.2 Å². The van der Waals surface area contributed by atoms with Crippen LogP contribution in [0.2, 0.25) is 5.02 Å². The fraction of sp³-hybridized carbons (Fsp3) is 0.667. The van der Waals surface area contributed by atoms with Gasteiger partial charge >= 0.3 is 0 Å². The number of anilines is 1. The Bertz CT molecular complexity index is 637. The predicted octanol–water partition coefficient (Wildman–Crippen LogP) is 5.93. The van der Waals surface area contributed by atoms with Gasteiger partial charge in [-0.1, -0.05) is 24.6 Å². The van der Waals surface area contributed by atoms with Crippen molar-refractivity contribution in [1.29, 1.82) is 0 Å². The Balaban J connectivity index is 1.47. The highest BCUT2D eigenvalue weighted by atomic mass is 35.5. The molecule has 1 aromatic carbocycles. The lowest BCUT2D eigenvalue weighted by molar-refractivity contribution is -0.0709. The Morgan fingerprint density at radius 2 is 1.80 bits per heavy atom. The molecule has 25 heavy (non-hydrogen) atoms. The van der Waals surface area contributed by atoms with E-state index in [2.05, 4.69) is 24.5 Å². The van der Waals surface area contributed by atoms with E-state index in [4.69, 9.17) is 23.8 Å². The molecule has 2 N–H and O–H groups in total. The van der Waals surface area contributed by atoms with Crippen molar-refractivity contribution in [1.82, 2.24) is 5.32 Å². The molecule has 4 heteroatoms. The summed E-state index contributed by atoms with van der Waals surface area (Å²) >= 11 is 11.8. The largest absolute Gasteiger partial charge is 0.359 e. The number of rotatable bonds is 4. The van der Waals surface area contributed by atoms with E-state index in [-0.39, 0.29) is 0 Å². The van der Waals surface area contributed by atoms with Gasteiger partial charge in [-0.25, -0.2) is 0 Å². The second-order valence-corrected chi connectivity index (χ2v) is 9.64. The first-order valence-corrected chi connectivity index (χ1v) is 10.6. The monoisotopic (exact) mass is 376 g/mol. The van der Waals surface area contributed by atoms with Crippen molar-refractivity contribution < 1.29 is 0 Å². The molecular formula is C21H29ClN2S. The molecule has 5 rings (SSSR count). The molecule has 4 bridgehead atoms. The molecule has 4 aliphatic rings. The standard InChI is InChI=1S/C21H29ClN2S/c1-3-19(21-10-14-6-15(11-21)8-16(7-14)12-21)24-20(25)23-18-9-17(22)5-4-13(18)2/h4-5,9,14-16,19H,3,6-8,10-12H2,1-2H3,(H2,23,24,25). The minimum Gasteiger partial charge on any atom is -0.359 e. The van der Waals surface area contributed by atoms with Crippen molar-refractivity contribution in [3.8, 4) is 0 Å². The summed E-state index contributed by atoms with van der Waals surface area (Å²) in [7, 11) is 0. The van der Waals surface area contributed by atoms with Gasteiger partial charge in [-0.2, -0.15) is 0 Å². The summed E-state index contributed by atoms with van der Waals surface area (Å²) in [6, 6.07) is 6.39. The van der Waals surface area contributed by atoms with E-state index in [0.717, 1.165) is 45.6 Å². The summed E-state index contributed by atoms with van der Waals surface area (Å²) in [4.78, 5) is 0. The Morgan fingerprint density at radius 1 is 1.20 bits per heavy atom. The molecule has 4 saturated carbocycles. The Labute approximate surface area is 162 Å². The highest BCUT2D eigenvalue weighted by Gasteiger charge is 2.53. The van der Waals surface area contributed by atoms with E-state index in [9.17, 15) is 0 Å². The average Bonchev–Trinajstić information content (AvgIpc) is 2.54. The second kappa shape index (κ2) is 6.74. The zero-order valence-electron chi connectivity index (χ0n) is 15.3. The quantitative estimate of drug-likeness (QED) is 0.637. The van der Waals surface area contributed by atoms with E-state index in [1.54, 1.807) is 0 Å². The molecule has 1 atom stereocenters. The van der Waals surface area contributed by atoms with Crippen LogP contribution in [0.25, 0.3) is 0 Å². The third-order valence-electron chi connectivity index (χ3n) is 6.99. The van der Waals surface area contributed by atoms with Crippen LogP contribution < -0.4 is 10.6 Å². The summed E-state index contributed by atoms with van der Waals surface area (Å²) in [5.41, 5.74) is 2.64. The number of aryl methyl sites for hydroxylation is 1. The fourth-order valence-electron chi connectivity index (χ4n) is 6.34. The van der Waals surface area contributed by atoms with Gasteiger partial charge in [0, 0.05) is 16.8 Å². The van der Waals surface area contributed by atoms with Crippen molar-refractivity contribution in [3.05, 3.63) is 28.8 Å². The van der Waals surface area contributed by atoms with Gasteiger partial charge in [0.05, 0.1) is 0 Å². The van der Waals surface area contributed by atoms with Crippen LogP contribution in [0.4, 0.5) is 5.69 Å². The molecule has 0 radical (unpaired) electrons. The molecule has 0 aromatic heterocycles. The lowest BCUT2D eigenvalue weighted by atomic mass is 9.47. The topological polar surface area (TPSA) is 24.1 Å². The summed E-state index contributed by atoms with van der Waals surface area (Å²) < 4.78 is 0. The number of halogens is 1. The molecule has 136 valence electrons. The van der Waals surface area contributed by atoms with Crippen molar-refractivity contribution >= 4 is 34.6 Å². The highest BCUT2D eigenvalue weighted by molar-refractivity contribution is 7.80. The summed E-state index contributed by atoms with van der Waals surface area (Å²) in [6.45, 7) is 4.39. The third-order valence-corrected chi connectivity index (χ3v) is 7.44. The highest BCUT2D eigenvalue weighted by Crippen LogP contribution is 2.61. The average molecular weight is 377 g/mol. The molecule has 0 aliphatic heterocycles. The second-order valence-electron chi connectivity index (χ2n) is 8.80. The van der Waals surface area contributed by atoms with Crippen molar-refractivity contribution in [2.75, 3.05) is 5.32 Å². The van der Waals surface area contributed by atoms with Gasteiger partial charge in [0.25, 0.3) is 0 Å².